The average Bonchev–Trinajstić information content (AvgIpc) is 2.18. The van der Waals surface area contributed by atoms with Gasteiger partial charge in [0.2, 0.25) is 0 Å². The van der Waals surface area contributed by atoms with Crippen LogP contribution < -0.4 is 10.1 Å². The first-order valence-corrected chi connectivity index (χ1v) is 4.05. The topological polar surface area (TPSA) is 42.7 Å². The molecule has 0 saturated heterocycles. The quantitative estimate of drug-likeness (QED) is 0.690. The second-order valence-electron chi connectivity index (χ2n) is 2.70. The van der Waals surface area contributed by atoms with Gasteiger partial charge in [-0.05, 0) is 24.6 Å². The number of rotatable bonds is 1. The lowest BCUT2D eigenvalue weighted by molar-refractivity contribution is 0.203. The van der Waals surface area contributed by atoms with Crippen molar-refractivity contribution in [1.82, 2.24) is 5.32 Å². The molecule has 1 N–H and O–H groups in total. The lowest BCUT2D eigenvalue weighted by Gasteiger charge is -2.04. The Morgan fingerprint density at radius 3 is 2.79 bits per heavy atom. The predicted octanol–water partition coefficient (Wildman–Crippen LogP) is 2.26. The second kappa shape index (κ2) is 4.28. The maximum Gasteiger partial charge on any atom is 0.412 e. The Balaban J connectivity index is 2.88. The number of carbonyl (C=O) groups excluding carboxylic acids is 1. The Morgan fingerprint density at radius 1 is 1.57 bits per heavy atom. The number of amides is 1. The Bertz CT molecular complexity index is 394. The molecule has 0 heterocycles. The van der Waals surface area contributed by atoms with Gasteiger partial charge in [-0.25, -0.2) is 9.64 Å². The van der Waals surface area contributed by atoms with Crippen LogP contribution in [0.3, 0.4) is 0 Å². The fourth-order valence-corrected chi connectivity index (χ4v) is 0.975. The summed E-state index contributed by atoms with van der Waals surface area (Å²) in [4.78, 5) is 14.2. The van der Waals surface area contributed by atoms with Crippen LogP contribution in [-0.2, 0) is 0 Å². The summed E-state index contributed by atoms with van der Waals surface area (Å²) < 4.78 is 4.89. The highest BCUT2D eigenvalue weighted by atomic mass is 16.5. The summed E-state index contributed by atoms with van der Waals surface area (Å²) in [6.45, 7) is 8.63. The average molecular weight is 190 g/mol. The zero-order valence-electron chi connectivity index (χ0n) is 8.00. The molecule has 0 fully saturated rings. The van der Waals surface area contributed by atoms with Crippen LogP contribution in [0.15, 0.2) is 18.2 Å². The minimum absolute atomic E-state index is 0.439. The molecule has 0 aliphatic rings. The molecule has 1 aromatic carbocycles. The predicted molar refractivity (Wildman–Crippen MR) is 52.5 cm³/mol. The molecule has 0 bridgehead atoms. The molecule has 0 radical (unpaired) electrons. The van der Waals surface area contributed by atoms with E-state index in [1.54, 1.807) is 25.1 Å². The van der Waals surface area contributed by atoms with Gasteiger partial charge in [-0.1, -0.05) is 6.07 Å². The monoisotopic (exact) mass is 190 g/mol. The van der Waals surface area contributed by atoms with E-state index in [0.717, 1.165) is 5.56 Å². The van der Waals surface area contributed by atoms with Crippen LogP contribution in [0.5, 0.6) is 5.75 Å². The first kappa shape index (κ1) is 10.1. The first-order chi connectivity index (χ1) is 6.67. The van der Waals surface area contributed by atoms with Crippen LogP contribution in [0.1, 0.15) is 5.56 Å². The fraction of sp³-hybridized carbons (Fsp3) is 0.200. The smallest absolute Gasteiger partial charge is 0.410 e. The zero-order valence-corrected chi connectivity index (χ0v) is 8.00. The van der Waals surface area contributed by atoms with Crippen molar-refractivity contribution in [2.45, 2.75) is 6.92 Å². The Kier molecular flexibility index (Phi) is 3.08. The summed E-state index contributed by atoms with van der Waals surface area (Å²) in [5, 5.41) is 2.34. The molecule has 1 aromatic rings. The number of carbonyl (C=O) groups is 1. The Labute approximate surface area is 82.3 Å². The number of ether oxygens (including phenoxy) is 1. The van der Waals surface area contributed by atoms with Gasteiger partial charge in [0.05, 0.1) is 6.57 Å². The van der Waals surface area contributed by atoms with E-state index in [-0.39, 0.29) is 0 Å². The van der Waals surface area contributed by atoms with Crippen LogP contribution in [0.2, 0.25) is 0 Å². The number of aryl methyl sites for hydroxylation is 1. The van der Waals surface area contributed by atoms with E-state index in [0.29, 0.717) is 11.4 Å². The molecule has 72 valence electrons. The van der Waals surface area contributed by atoms with E-state index in [2.05, 4.69) is 10.2 Å². The first-order valence-electron chi connectivity index (χ1n) is 4.05. The molecule has 0 saturated carbocycles. The fourth-order valence-electron chi connectivity index (χ4n) is 0.975. The lowest BCUT2D eigenvalue weighted by Crippen LogP contribution is -2.21. The van der Waals surface area contributed by atoms with Crippen molar-refractivity contribution >= 4 is 11.8 Å². The molecule has 0 aliphatic heterocycles. The largest absolute Gasteiger partial charge is 0.412 e. The summed E-state index contributed by atoms with van der Waals surface area (Å²) in [6, 6.07) is 4.87. The SMILES string of the molecule is [C-]#[N+]c1ccc(OC(=O)NC)cc1C. The Morgan fingerprint density at radius 2 is 2.29 bits per heavy atom. The minimum atomic E-state index is -0.514. The number of benzene rings is 1. The van der Waals surface area contributed by atoms with Crippen molar-refractivity contribution in [1.29, 1.82) is 0 Å². The van der Waals surface area contributed by atoms with Gasteiger partial charge in [0, 0.05) is 7.05 Å². The molecule has 0 spiro atoms. The number of nitrogens with zero attached hydrogens (tertiary/aromatic N) is 1. The highest BCUT2D eigenvalue weighted by Gasteiger charge is 2.03. The summed E-state index contributed by atoms with van der Waals surface area (Å²) in [6.07, 6.45) is -0.514. The van der Waals surface area contributed by atoms with Gasteiger partial charge in [0.15, 0.2) is 5.69 Å². The van der Waals surface area contributed by atoms with Gasteiger partial charge in [-0.3, -0.25) is 0 Å². The second-order valence-corrected chi connectivity index (χ2v) is 2.70. The van der Waals surface area contributed by atoms with Gasteiger partial charge in [-0.2, -0.15) is 0 Å². The summed E-state index contributed by atoms with van der Waals surface area (Å²) >= 11 is 0. The maximum atomic E-state index is 10.9. The van der Waals surface area contributed by atoms with Crippen LogP contribution in [0.25, 0.3) is 4.85 Å². The van der Waals surface area contributed by atoms with E-state index in [1.807, 2.05) is 0 Å². The van der Waals surface area contributed by atoms with Crippen LogP contribution in [-0.4, -0.2) is 13.1 Å². The summed E-state index contributed by atoms with van der Waals surface area (Å²) in [5.74, 6) is 0.439. The van der Waals surface area contributed by atoms with Crippen molar-refractivity contribution in [3.05, 3.63) is 35.2 Å². The highest BCUT2D eigenvalue weighted by Crippen LogP contribution is 2.23. The zero-order chi connectivity index (χ0) is 10.6. The van der Waals surface area contributed by atoms with Gasteiger partial charge < -0.3 is 10.1 Å². The third-order valence-corrected chi connectivity index (χ3v) is 1.70. The molecule has 1 rings (SSSR count). The molecular weight excluding hydrogens is 180 g/mol. The number of hydrogen-bond donors (Lipinski definition) is 1. The van der Waals surface area contributed by atoms with Crippen molar-refractivity contribution in [2.75, 3.05) is 7.05 Å². The van der Waals surface area contributed by atoms with Crippen molar-refractivity contribution < 1.29 is 9.53 Å². The normalized spacial score (nSPS) is 8.93. The molecular formula is C10H10N2O2. The highest BCUT2D eigenvalue weighted by molar-refractivity contribution is 5.70. The molecule has 0 aliphatic carbocycles. The van der Waals surface area contributed by atoms with Gasteiger partial charge >= 0.3 is 6.09 Å². The van der Waals surface area contributed by atoms with Gasteiger partial charge in [0.25, 0.3) is 0 Å². The van der Waals surface area contributed by atoms with Crippen LogP contribution in [0.4, 0.5) is 10.5 Å². The lowest BCUT2D eigenvalue weighted by atomic mass is 10.2. The molecule has 4 heteroatoms. The summed E-state index contributed by atoms with van der Waals surface area (Å²) in [7, 11) is 1.49. The van der Waals surface area contributed by atoms with E-state index in [9.17, 15) is 4.79 Å². The molecule has 0 aromatic heterocycles. The molecule has 1 amide bonds. The Hall–Kier alpha value is -2.02. The third kappa shape index (κ3) is 2.23. The third-order valence-electron chi connectivity index (χ3n) is 1.70. The minimum Gasteiger partial charge on any atom is -0.410 e. The van der Waals surface area contributed by atoms with Gasteiger partial charge in [0.1, 0.15) is 5.75 Å². The maximum absolute atomic E-state index is 10.9. The van der Waals surface area contributed by atoms with E-state index < -0.39 is 6.09 Å². The molecule has 14 heavy (non-hydrogen) atoms. The van der Waals surface area contributed by atoms with Crippen molar-refractivity contribution in [2.24, 2.45) is 0 Å². The summed E-state index contributed by atoms with van der Waals surface area (Å²) in [5.41, 5.74) is 1.36. The van der Waals surface area contributed by atoms with Crippen LogP contribution >= 0.6 is 0 Å². The van der Waals surface area contributed by atoms with E-state index >= 15 is 0 Å². The van der Waals surface area contributed by atoms with E-state index in [4.69, 9.17) is 11.3 Å². The van der Waals surface area contributed by atoms with Crippen LogP contribution in [0, 0.1) is 13.5 Å². The van der Waals surface area contributed by atoms with Crippen molar-refractivity contribution in [3.63, 3.8) is 0 Å². The standard InChI is InChI=1S/C10H10N2O2/c1-7-6-8(14-10(13)12-3)4-5-9(7)11-2/h4-6H,1,3H3,(H,12,13). The number of nitrogens with one attached hydrogen (secondary N) is 1. The molecule has 0 unspecified atom stereocenters. The van der Waals surface area contributed by atoms with Gasteiger partial charge in [-0.15, -0.1) is 0 Å². The van der Waals surface area contributed by atoms with E-state index in [1.165, 1.54) is 7.05 Å². The number of hydrogen-bond acceptors (Lipinski definition) is 2. The van der Waals surface area contributed by atoms with Crippen molar-refractivity contribution in [3.8, 4) is 5.75 Å². The molecule has 4 nitrogen and oxygen atoms in total. The molecule has 0 atom stereocenters.